The summed E-state index contributed by atoms with van der Waals surface area (Å²) >= 11 is 0. The Labute approximate surface area is 113 Å². The van der Waals surface area contributed by atoms with Crippen molar-refractivity contribution in [3.05, 3.63) is 53.5 Å². The fourth-order valence-electron chi connectivity index (χ4n) is 1.67. The molecule has 1 aromatic heterocycles. The highest BCUT2D eigenvalue weighted by Gasteiger charge is 2.13. The summed E-state index contributed by atoms with van der Waals surface area (Å²) in [6, 6.07) is 8.04. The summed E-state index contributed by atoms with van der Waals surface area (Å²) in [4.78, 5) is 26.0. The van der Waals surface area contributed by atoms with Gasteiger partial charge in [0.1, 0.15) is 11.5 Å². The third-order valence-corrected chi connectivity index (χ3v) is 2.63. The smallest absolute Gasteiger partial charge is 0.354 e. The molecule has 2 aromatic rings. The van der Waals surface area contributed by atoms with Crippen molar-refractivity contribution in [2.24, 2.45) is 0 Å². The number of benzene rings is 1. The number of carboxylic acids is 1. The van der Waals surface area contributed by atoms with Crippen molar-refractivity contribution in [1.82, 2.24) is 4.98 Å². The maximum atomic E-state index is 14.0. The predicted octanol–water partition coefficient (Wildman–Crippen LogP) is 2.37. The maximum Gasteiger partial charge on any atom is 0.354 e. The number of aromatic nitrogens is 1. The molecule has 0 atom stereocenters. The number of rotatable bonds is 3. The van der Waals surface area contributed by atoms with Gasteiger partial charge in [-0.25, -0.2) is 19.0 Å². The molecule has 0 bridgehead atoms. The SMILES string of the molecule is COC(=O)c1ccc(-c2cccc(C(=O)O)n2)c(F)c1. The van der Waals surface area contributed by atoms with Crippen molar-refractivity contribution in [2.75, 3.05) is 7.11 Å². The molecule has 1 heterocycles. The number of aromatic carboxylic acids is 1. The van der Waals surface area contributed by atoms with Gasteiger partial charge in [0.05, 0.1) is 18.4 Å². The molecule has 0 aliphatic rings. The summed E-state index contributed by atoms with van der Waals surface area (Å²) < 4.78 is 18.5. The summed E-state index contributed by atoms with van der Waals surface area (Å²) in [6.07, 6.45) is 0. The van der Waals surface area contributed by atoms with Crippen LogP contribution in [0.2, 0.25) is 0 Å². The molecule has 0 unspecified atom stereocenters. The summed E-state index contributed by atoms with van der Waals surface area (Å²) in [7, 11) is 1.20. The number of pyridine rings is 1. The average Bonchev–Trinajstić information content (AvgIpc) is 2.46. The Bertz CT molecular complexity index is 685. The lowest BCUT2D eigenvalue weighted by Crippen LogP contribution is -2.03. The van der Waals surface area contributed by atoms with Gasteiger partial charge in [0, 0.05) is 5.56 Å². The second kappa shape index (κ2) is 5.48. The Morgan fingerprint density at radius 1 is 1.25 bits per heavy atom. The molecular formula is C14H10FNO4. The van der Waals surface area contributed by atoms with Crippen molar-refractivity contribution in [3.63, 3.8) is 0 Å². The van der Waals surface area contributed by atoms with Crippen molar-refractivity contribution >= 4 is 11.9 Å². The number of esters is 1. The molecule has 0 radical (unpaired) electrons. The van der Waals surface area contributed by atoms with E-state index in [1.54, 1.807) is 0 Å². The summed E-state index contributed by atoms with van der Waals surface area (Å²) in [5.74, 6) is -2.52. The number of nitrogens with zero attached hydrogens (tertiary/aromatic N) is 1. The minimum absolute atomic E-state index is 0.0724. The van der Waals surface area contributed by atoms with Crippen LogP contribution in [-0.4, -0.2) is 29.1 Å². The molecular weight excluding hydrogens is 265 g/mol. The van der Waals surface area contributed by atoms with Gasteiger partial charge in [-0.05, 0) is 30.3 Å². The molecule has 0 saturated carbocycles. The third kappa shape index (κ3) is 2.64. The highest BCUT2D eigenvalue weighted by molar-refractivity contribution is 5.90. The maximum absolute atomic E-state index is 14.0. The first-order valence-electron chi connectivity index (χ1n) is 5.61. The van der Waals surface area contributed by atoms with Crippen molar-refractivity contribution in [2.45, 2.75) is 0 Å². The van der Waals surface area contributed by atoms with E-state index in [1.807, 2.05) is 0 Å². The number of hydrogen-bond acceptors (Lipinski definition) is 4. The normalized spacial score (nSPS) is 10.1. The van der Waals surface area contributed by atoms with E-state index in [2.05, 4.69) is 9.72 Å². The molecule has 0 aliphatic heterocycles. The number of carbonyl (C=O) groups is 2. The number of halogens is 1. The fourth-order valence-corrected chi connectivity index (χ4v) is 1.67. The van der Waals surface area contributed by atoms with Crippen LogP contribution in [0.4, 0.5) is 4.39 Å². The summed E-state index contributed by atoms with van der Waals surface area (Å²) in [6.45, 7) is 0. The first kappa shape index (κ1) is 13.7. The average molecular weight is 275 g/mol. The van der Waals surface area contributed by atoms with Gasteiger partial charge in [-0.15, -0.1) is 0 Å². The van der Waals surface area contributed by atoms with Crippen LogP contribution in [0.3, 0.4) is 0 Å². The van der Waals surface area contributed by atoms with Crippen LogP contribution in [0, 0.1) is 5.82 Å². The Balaban J connectivity index is 2.46. The van der Waals surface area contributed by atoms with Gasteiger partial charge in [0.15, 0.2) is 0 Å². The van der Waals surface area contributed by atoms with E-state index in [9.17, 15) is 14.0 Å². The molecule has 20 heavy (non-hydrogen) atoms. The zero-order valence-electron chi connectivity index (χ0n) is 10.5. The summed E-state index contributed by atoms with van der Waals surface area (Å²) in [5.41, 5.74) is 0.182. The van der Waals surface area contributed by atoms with Crippen LogP contribution in [0.25, 0.3) is 11.3 Å². The number of ether oxygens (including phenoxy) is 1. The van der Waals surface area contributed by atoms with E-state index >= 15 is 0 Å². The monoisotopic (exact) mass is 275 g/mol. The highest BCUT2D eigenvalue weighted by Crippen LogP contribution is 2.22. The topological polar surface area (TPSA) is 76.5 Å². The minimum Gasteiger partial charge on any atom is -0.477 e. The highest BCUT2D eigenvalue weighted by atomic mass is 19.1. The van der Waals surface area contributed by atoms with Crippen molar-refractivity contribution in [3.8, 4) is 11.3 Å². The Morgan fingerprint density at radius 3 is 2.60 bits per heavy atom. The van der Waals surface area contributed by atoms with Gasteiger partial charge in [-0.1, -0.05) is 6.07 Å². The zero-order valence-corrected chi connectivity index (χ0v) is 10.5. The lowest BCUT2D eigenvalue weighted by molar-refractivity contribution is 0.0599. The Morgan fingerprint density at radius 2 is 2.00 bits per heavy atom. The van der Waals surface area contributed by atoms with Crippen molar-refractivity contribution < 1.29 is 23.8 Å². The standard InChI is InChI=1S/C14H10FNO4/c1-20-14(19)8-5-6-9(10(15)7-8)11-3-2-4-12(16-11)13(17)18/h2-7H,1H3,(H,17,18). The molecule has 2 rings (SSSR count). The predicted molar refractivity (Wildman–Crippen MR) is 67.9 cm³/mol. The van der Waals surface area contributed by atoms with Crippen LogP contribution < -0.4 is 0 Å². The van der Waals surface area contributed by atoms with E-state index in [0.29, 0.717) is 0 Å². The first-order valence-corrected chi connectivity index (χ1v) is 5.61. The van der Waals surface area contributed by atoms with E-state index in [1.165, 1.54) is 37.4 Å². The van der Waals surface area contributed by atoms with Gasteiger partial charge in [0.2, 0.25) is 0 Å². The third-order valence-electron chi connectivity index (χ3n) is 2.63. The van der Waals surface area contributed by atoms with Gasteiger partial charge < -0.3 is 9.84 Å². The van der Waals surface area contributed by atoms with Crippen molar-refractivity contribution in [1.29, 1.82) is 0 Å². The van der Waals surface area contributed by atoms with Gasteiger partial charge in [-0.2, -0.15) is 0 Å². The first-order chi connectivity index (χ1) is 9.52. The van der Waals surface area contributed by atoms with Crippen LogP contribution in [-0.2, 0) is 4.74 Å². The Hall–Kier alpha value is -2.76. The minimum atomic E-state index is -1.20. The molecule has 5 nitrogen and oxygen atoms in total. The van der Waals surface area contributed by atoms with Crippen LogP contribution in [0.5, 0.6) is 0 Å². The van der Waals surface area contributed by atoms with Gasteiger partial charge in [0.25, 0.3) is 0 Å². The number of carbonyl (C=O) groups excluding carboxylic acids is 1. The zero-order chi connectivity index (χ0) is 14.7. The van der Waals surface area contributed by atoms with E-state index in [0.717, 1.165) is 6.07 Å². The molecule has 1 aromatic carbocycles. The molecule has 0 amide bonds. The van der Waals surface area contributed by atoms with Crippen LogP contribution >= 0.6 is 0 Å². The lowest BCUT2D eigenvalue weighted by atomic mass is 10.1. The number of hydrogen-bond donors (Lipinski definition) is 1. The Kier molecular flexibility index (Phi) is 3.74. The van der Waals surface area contributed by atoms with Gasteiger partial charge in [-0.3, -0.25) is 0 Å². The van der Waals surface area contributed by atoms with Gasteiger partial charge >= 0.3 is 11.9 Å². The van der Waals surface area contributed by atoms with E-state index < -0.39 is 17.8 Å². The largest absolute Gasteiger partial charge is 0.477 e. The second-order valence-electron chi connectivity index (χ2n) is 3.90. The molecule has 0 fully saturated rings. The molecule has 1 N–H and O–H groups in total. The van der Waals surface area contributed by atoms with E-state index in [-0.39, 0.29) is 22.5 Å². The second-order valence-corrected chi connectivity index (χ2v) is 3.90. The summed E-state index contributed by atoms with van der Waals surface area (Å²) in [5, 5.41) is 8.86. The molecule has 0 saturated heterocycles. The van der Waals surface area contributed by atoms with Crippen LogP contribution in [0.1, 0.15) is 20.8 Å². The molecule has 0 spiro atoms. The lowest BCUT2D eigenvalue weighted by Gasteiger charge is -2.05. The number of carboxylic acid groups (broad SMARTS) is 1. The van der Waals surface area contributed by atoms with E-state index in [4.69, 9.17) is 5.11 Å². The number of methoxy groups -OCH3 is 1. The molecule has 6 heteroatoms. The molecule has 0 aliphatic carbocycles. The van der Waals surface area contributed by atoms with Crippen LogP contribution in [0.15, 0.2) is 36.4 Å². The quantitative estimate of drug-likeness (QED) is 0.870. The fraction of sp³-hybridized carbons (Fsp3) is 0.0714. The molecule has 102 valence electrons.